The normalized spacial score (nSPS) is 10.2. The molecule has 2 rings (SSSR count). The van der Waals surface area contributed by atoms with Crippen LogP contribution in [0.15, 0.2) is 36.4 Å². The van der Waals surface area contributed by atoms with Crippen molar-refractivity contribution in [1.29, 1.82) is 0 Å². The lowest BCUT2D eigenvalue weighted by molar-refractivity contribution is 0.415. The van der Waals surface area contributed by atoms with E-state index in [9.17, 15) is 0 Å². The van der Waals surface area contributed by atoms with E-state index in [-0.39, 0.29) is 0 Å². The second-order valence-corrected chi connectivity index (χ2v) is 3.87. The van der Waals surface area contributed by atoms with Gasteiger partial charge in [-0.1, -0.05) is 12.1 Å². The third kappa shape index (κ3) is 2.22. The maximum Gasteiger partial charge on any atom is 0.119 e. The average Bonchev–Trinajstić information content (AvgIpc) is 2.28. The fourth-order valence-electron chi connectivity index (χ4n) is 1.80. The minimum atomic E-state index is 0.879. The number of rotatable bonds is 2. The predicted octanol–water partition coefficient (Wildman–Crippen LogP) is 3.37. The first-order valence-corrected chi connectivity index (χ1v) is 5.29. The van der Waals surface area contributed by atoms with Gasteiger partial charge in [0.1, 0.15) is 5.75 Å². The number of benzene rings is 1. The summed E-state index contributed by atoms with van der Waals surface area (Å²) in [4.78, 5) is 4.37. The van der Waals surface area contributed by atoms with Crippen molar-refractivity contribution in [3.63, 3.8) is 0 Å². The first-order valence-electron chi connectivity index (χ1n) is 5.29. The van der Waals surface area contributed by atoms with Gasteiger partial charge in [0.2, 0.25) is 0 Å². The molecule has 0 saturated carbocycles. The third-order valence-corrected chi connectivity index (χ3v) is 2.48. The van der Waals surface area contributed by atoms with Gasteiger partial charge in [0.15, 0.2) is 0 Å². The summed E-state index contributed by atoms with van der Waals surface area (Å²) in [6.45, 7) is 4.02. The highest BCUT2D eigenvalue weighted by atomic mass is 16.5. The molecule has 0 spiro atoms. The van der Waals surface area contributed by atoms with Crippen LogP contribution in [0.1, 0.15) is 11.4 Å². The van der Waals surface area contributed by atoms with Crippen LogP contribution >= 0.6 is 0 Å². The molecule has 2 nitrogen and oxygen atoms in total. The summed E-state index contributed by atoms with van der Waals surface area (Å²) in [5.74, 6) is 0.879. The Morgan fingerprint density at radius 1 is 0.938 bits per heavy atom. The zero-order chi connectivity index (χ0) is 11.5. The maximum atomic E-state index is 5.22. The van der Waals surface area contributed by atoms with Gasteiger partial charge in [-0.15, -0.1) is 0 Å². The number of aryl methyl sites for hydroxylation is 2. The predicted molar refractivity (Wildman–Crippen MR) is 65.7 cm³/mol. The molecule has 1 aromatic heterocycles. The average molecular weight is 213 g/mol. The fourth-order valence-corrected chi connectivity index (χ4v) is 1.80. The largest absolute Gasteiger partial charge is 0.497 e. The molecule has 0 saturated heterocycles. The second kappa shape index (κ2) is 4.35. The molecule has 0 amide bonds. The quantitative estimate of drug-likeness (QED) is 0.763. The van der Waals surface area contributed by atoms with Gasteiger partial charge in [0.05, 0.1) is 7.11 Å². The SMILES string of the molecule is COc1cccc(-c2cc(C)nc(C)c2)c1. The van der Waals surface area contributed by atoms with Crippen LogP contribution in [-0.4, -0.2) is 12.1 Å². The van der Waals surface area contributed by atoms with Crippen molar-refractivity contribution >= 4 is 0 Å². The molecule has 0 fully saturated rings. The van der Waals surface area contributed by atoms with Crippen molar-refractivity contribution in [2.75, 3.05) is 7.11 Å². The molecule has 2 aromatic rings. The lowest BCUT2D eigenvalue weighted by Crippen LogP contribution is -1.89. The van der Waals surface area contributed by atoms with E-state index in [1.54, 1.807) is 7.11 Å². The van der Waals surface area contributed by atoms with Crippen molar-refractivity contribution in [3.8, 4) is 16.9 Å². The Bertz CT molecular complexity index is 486. The van der Waals surface area contributed by atoms with E-state index < -0.39 is 0 Å². The van der Waals surface area contributed by atoms with Gasteiger partial charge < -0.3 is 4.74 Å². The molecule has 0 N–H and O–H groups in total. The van der Waals surface area contributed by atoms with Gasteiger partial charge >= 0.3 is 0 Å². The molecule has 0 unspecified atom stereocenters. The summed E-state index contributed by atoms with van der Waals surface area (Å²) >= 11 is 0. The van der Waals surface area contributed by atoms with Crippen LogP contribution in [0.2, 0.25) is 0 Å². The smallest absolute Gasteiger partial charge is 0.119 e. The van der Waals surface area contributed by atoms with Gasteiger partial charge in [0.25, 0.3) is 0 Å². The minimum Gasteiger partial charge on any atom is -0.497 e. The standard InChI is InChI=1S/C14H15NO/c1-10-7-13(8-11(2)15-10)12-5-4-6-14(9-12)16-3/h4-9H,1-3H3. The summed E-state index contributed by atoms with van der Waals surface area (Å²) in [5, 5.41) is 0. The van der Waals surface area contributed by atoms with Crippen LogP contribution in [0.5, 0.6) is 5.75 Å². The number of ether oxygens (including phenoxy) is 1. The van der Waals surface area contributed by atoms with Gasteiger partial charge in [-0.05, 0) is 49.2 Å². The molecule has 16 heavy (non-hydrogen) atoms. The molecular weight excluding hydrogens is 198 g/mol. The van der Waals surface area contributed by atoms with E-state index in [1.165, 1.54) is 5.56 Å². The monoisotopic (exact) mass is 213 g/mol. The molecule has 2 heteroatoms. The maximum absolute atomic E-state index is 5.22. The summed E-state index contributed by atoms with van der Waals surface area (Å²) in [5.41, 5.74) is 4.42. The van der Waals surface area contributed by atoms with Crippen LogP contribution in [0, 0.1) is 13.8 Å². The van der Waals surface area contributed by atoms with E-state index in [4.69, 9.17) is 4.74 Å². The first-order chi connectivity index (χ1) is 7.69. The third-order valence-electron chi connectivity index (χ3n) is 2.48. The molecule has 0 aliphatic carbocycles. The molecule has 82 valence electrons. The van der Waals surface area contributed by atoms with Crippen LogP contribution in [0.4, 0.5) is 0 Å². The van der Waals surface area contributed by atoms with Crippen LogP contribution < -0.4 is 4.74 Å². The Hall–Kier alpha value is -1.83. The summed E-state index contributed by atoms with van der Waals surface area (Å²) in [7, 11) is 1.68. The number of hydrogen-bond acceptors (Lipinski definition) is 2. The van der Waals surface area contributed by atoms with Crippen molar-refractivity contribution in [2.24, 2.45) is 0 Å². The molecule has 0 aliphatic heterocycles. The topological polar surface area (TPSA) is 22.1 Å². The van der Waals surface area contributed by atoms with Gasteiger partial charge in [-0.25, -0.2) is 0 Å². The van der Waals surface area contributed by atoms with Crippen LogP contribution in [0.3, 0.4) is 0 Å². The highest BCUT2D eigenvalue weighted by Crippen LogP contribution is 2.24. The lowest BCUT2D eigenvalue weighted by atomic mass is 10.0. The number of aromatic nitrogens is 1. The van der Waals surface area contributed by atoms with Crippen LogP contribution in [0.25, 0.3) is 11.1 Å². The van der Waals surface area contributed by atoms with Crippen molar-refractivity contribution in [3.05, 3.63) is 47.8 Å². The zero-order valence-electron chi connectivity index (χ0n) is 9.82. The molecule has 0 aliphatic rings. The Morgan fingerprint density at radius 2 is 1.62 bits per heavy atom. The van der Waals surface area contributed by atoms with Crippen molar-refractivity contribution < 1.29 is 4.74 Å². The van der Waals surface area contributed by atoms with E-state index in [0.29, 0.717) is 0 Å². The molecule has 0 atom stereocenters. The molecular formula is C14H15NO. The lowest BCUT2D eigenvalue weighted by Gasteiger charge is -2.06. The summed E-state index contributed by atoms with van der Waals surface area (Å²) in [6.07, 6.45) is 0. The van der Waals surface area contributed by atoms with E-state index in [2.05, 4.69) is 23.2 Å². The number of hydrogen-bond donors (Lipinski definition) is 0. The highest BCUT2D eigenvalue weighted by Gasteiger charge is 2.01. The van der Waals surface area contributed by atoms with Crippen molar-refractivity contribution in [2.45, 2.75) is 13.8 Å². The van der Waals surface area contributed by atoms with E-state index >= 15 is 0 Å². The highest BCUT2D eigenvalue weighted by molar-refractivity contribution is 5.65. The fraction of sp³-hybridized carbons (Fsp3) is 0.214. The Kier molecular flexibility index (Phi) is 2.91. The Labute approximate surface area is 95.9 Å². The van der Waals surface area contributed by atoms with E-state index in [0.717, 1.165) is 22.7 Å². The Balaban J connectivity index is 2.49. The minimum absolute atomic E-state index is 0.879. The molecule has 0 bridgehead atoms. The van der Waals surface area contributed by atoms with Crippen molar-refractivity contribution in [1.82, 2.24) is 4.98 Å². The number of pyridine rings is 1. The van der Waals surface area contributed by atoms with Gasteiger partial charge in [-0.3, -0.25) is 4.98 Å². The van der Waals surface area contributed by atoms with Crippen LogP contribution in [-0.2, 0) is 0 Å². The Morgan fingerprint density at radius 3 is 2.25 bits per heavy atom. The van der Waals surface area contributed by atoms with Gasteiger partial charge in [0, 0.05) is 11.4 Å². The second-order valence-electron chi connectivity index (χ2n) is 3.87. The number of methoxy groups -OCH3 is 1. The molecule has 1 aromatic carbocycles. The van der Waals surface area contributed by atoms with E-state index in [1.807, 2.05) is 32.0 Å². The van der Waals surface area contributed by atoms with Gasteiger partial charge in [-0.2, -0.15) is 0 Å². The summed E-state index contributed by atoms with van der Waals surface area (Å²) < 4.78 is 5.22. The zero-order valence-corrected chi connectivity index (χ0v) is 9.82. The summed E-state index contributed by atoms with van der Waals surface area (Å²) in [6, 6.07) is 12.2. The first kappa shape index (κ1) is 10.7. The number of nitrogens with zero attached hydrogens (tertiary/aromatic N) is 1. The molecule has 0 radical (unpaired) electrons. The molecule has 1 heterocycles.